The van der Waals surface area contributed by atoms with E-state index in [1.807, 2.05) is 31.2 Å². The van der Waals surface area contributed by atoms with Crippen LogP contribution in [0.25, 0.3) is 11.4 Å². The highest BCUT2D eigenvalue weighted by atomic mass is 35.5. The first-order valence-electron chi connectivity index (χ1n) is 6.85. The number of hydrogen-bond acceptors (Lipinski definition) is 3. The van der Waals surface area contributed by atoms with Gasteiger partial charge in [0.1, 0.15) is 5.15 Å². The molecule has 0 saturated carbocycles. The van der Waals surface area contributed by atoms with Crippen LogP contribution in [0.1, 0.15) is 11.3 Å². The zero-order valence-electron chi connectivity index (χ0n) is 12.6. The first kappa shape index (κ1) is 14.6. The Bertz CT molecular complexity index is 853. The standard InChI is InChI=1S/C15H16ClN5O/c1-10-4-6-11(7-5-10)14-18-21(15(22)19(14)2)9-12-8-13(16)20(3)17-12/h4-8H,9H2,1-3H3. The zero-order valence-corrected chi connectivity index (χ0v) is 13.4. The number of hydrogen-bond donors (Lipinski definition) is 0. The highest BCUT2D eigenvalue weighted by Gasteiger charge is 2.13. The molecule has 2 aromatic heterocycles. The second-order valence-corrected chi connectivity index (χ2v) is 5.66. The summed E-state index contributed by atoms with van der Waals surface area (Å²) < 4.78 is 4.49. The highest BCUT2D eigenvalue weighted by Crippen LogP contribution is 2.16. The summed E-state index contributed by atoms with van der Waals surface area (Å²) in [6.07, 6.45) is 0. The van der Waals surface area contributed by atoms with Gasteiger partial charge in [0.05, 0.1) is 12.2 Å². The molecule has 6 nitrogen and oxygen atoms in total. The molecule has 2 heterocycles. The molecule has 0 spiro atoms. The van der Waals surface area contributed by atoms with Crippen molar-refractivity contribution in [1.82, 2.24) is 24.1 Å². The van der Waals surface area contributed by atoms with Gasteiger partial charge in [-0.1, -0.05) is 41.4 Å². The molecule has 0 aliphatic heterocycles. The Labute approximate surface area is 132 Å². The third-order valence-corrected chi connectivity index (χ3v) is 3.89. The number of aryl methyl sites for hydroxylation is 2. The average Bonchev–Trinajstić information content (AvgIpc) is 2.94. The lowest BCUT2D eigenvalue weighted by molar-refractivity contribution is 0.621. The van der Waals surface area contributed by atoms with Gasteiger partial charge in [0.25, 0.3) is 0 Å². The molecular weight excluding hydrogens is 302 g/mol. The Morgan fingerprint density at radius 3 is 2.41 bits per heavy atom. The van der Waals surface area contributed by atoms with E-state index in [9.17, 15) is 4.79 Å². The fraction of sp³-hybridized carbons (Fsp3) is 0.267. The van der Waals surface area contributed by atoms with Crippen LogP contribution in [-0.4, -0.2) is 24.1 Å². The molecule has 0 unspecified atom stereocenters. The van der Waals surface area contributed by atoms with Crippen molar-refractivity contribution in [3.8, 4) is 11.4 Å². The number of halogens is 1. The van der Waals surface area contributed by atoms with Crippen molar-refractivity contribution in [3.63, 3.8) is 0 Å². The molecule has 1 aromatic carbocycles. The van der Waals surface area contributed by atoms with E-state index in [0.29, 0.717) is 23.2 Å². The molecular formula is C15H16ClN5O. The van der Waals surface area contributed by atoms with Crippen LogP contribution in [0.2, 0.25) is 5.15 Å². The van der Waals surface area contributed by atoms with Gasteiger partial charge in [-0.15, -0.1) is 5.10 Å². The van der Waals surface area contributed by atoms with E-state index in [1.165, 1.54) is 9.25 Å². The van der Waals surface area contributed by atoms with Crippen LogP contribution in [0.4, 0.5) is 0 Å². The molecule has 3 aromatic rings. The maximum absolute atomic E-state index is 12.3. The minimum atomic E-state index is -0.183. The molecule has 0 bridgehead atoms. The first-order valence-corrected chi connectivity index (χ1v) is 7.23. The summed E-state index contributed by atoms with van der Waals surface area (Å²) in [5, 5.41) is 9.19. The third kappa shape index (κ3) is 2.57. The van der Waals surface area contributed by atoms with Crippen molar-refractivity contribution in [1.29, 1.82) is 0 Å². The largest absolute Gasteiger partial charge is 0.346 e. The first-order chi connectivity index (χ1) is 10.5. The van der Waals surface area contributed by atoms with Gasteiger partial charge < -0.3 is 0 Å². The van der Waals surface area contributed by atoms with Crippen molar-refractivity contribution in [2.75, 3.05) is 0 Å². The van der Waals surface area contributed by atoms with E-state index in [2.05, 4.69) is 10.2 Å². The zero-order chi connectivity index (χ0) is 15.9. The lowest BCUT2D eigenvalue weighted by atomic mass is 10.1. The summed E-state index contributed by atoms with van der Waals surface area (Å²) >= 11 is 5.97. The van der Waals surface area contributed by atoms with Crippen molar-refractivity contribution in [3.05, 3.63) is 57.2 Å². The number of nitrogens with zero attached hydrogens (tertiary/aromatic N) is 5. The summed E-state index contributed by atoms with van der Waals surface area (Å²) in [5.41, 5.74) is 2.58. The average molecular weight is 318 g/mol. The Morgan fingerprint density at radius 1 is 1.14 bits per heavy atom. The van der Waals surface area contributed by atoms with Crippen molar-refractivity contribution >= 4 is 11.6 Å². The predicted octanol–water partition coefficient (Wildman–Crippen LogP) is 1.99. The Morgan fingerprint density at radius 2 is 1.82 bits per heavy atom. The molecule has 7 heteroatoms. The molecule has 3 rings (SSSR count). The summed E-state index contributed by atoms with van der Waals surface area (Å²) in [5.74, 6) is 0.632. The smallest absolute Gasteiger partial charge is 0.278 e. The molecule has 0 saturated heterocycles. The van der Waals surface area contributed by atoms with Crippen LogP contribution in [0.5, 0.6) is 0 Å². The van der Waals surface area contributed by atoms with E-state index in [1.54, 1.807) is 24.8 Å². The molecule has 0 aliphatic carbocycles. The second kappa shape index (κ2) is 5.46. The van der Waals surface area contributed by atoms with E-state index in [0.717, 1.165) is 11.1 Å². The van der Waals surface area contributed by atoms with Crippen molar-refractivity contribution in [2.24, 2.45) is 14.1 Å². The van der Waals surface area contributed by atoms with Crippen LogP contribution in [-0.2, 0) is 20.6 Å². The van der Waals surface area contributed by atoms with Gasteiger partial charge in [-0.3, -0.25) is 9.25 Å². The van der Waals surface area contributed by atoms with Crippen molar-refractivity contribution < 1.29 is 0 Å². The molecule has 0 fully saturated rings. The minimum absolute atomic E-state index is 0.183. The molecule has 0 amide bonds. The monoisotopic (exact) mass is 317 g/mol. The topological polar surface area (TPSA) is 57.6 Å². The SMILES string of the molecule is Cc1ccc(-c2nn(Cc3cc(Cl)n(C)n3)c(=O)n2C)cc1. The summed E-state index contributed by atoms with van der Waals surface area (Å²) in [7, 11) is 3.47. The van der Waals surface area contributed by atoms with Crippen LogP contribution >= 0.6 is 11.6 Å². The maximum atomic E-state index is 12.3. The predicted molar refractivity (Wildman–Crippen MR) is 85.0 cm³/mol. The highest BCUT2D eigenvalue weighted by molar-refractivity contribution is 6.29. The Kier molecular flexibility index (Phi) is 3.62. The van der Waals surface area contributed by atoms with Gasteiger partial charge in [0, 0.05) is 25.7 Å². The molecule has 114 valence electrons. The third-order valence-electron chi connectivity index (χ3n) is 3.54. The fourth-order valence-electron chi connectivity index (χ4n) is 2.28. The lowest BCUT2D eigenvalue weighted by Crippen LogP contribution is -2.23. The van der Waals surface area contributed by atoms with Crippen LogP contribution < -0.4 is 5.69 Å². The van der Waals surface area contributed by atoms with E-state index in [-0.39, 0.29) is 5.69 Å². The minimum Gasteiger partial charge on any atom is -0.278 e. The molecule has 0 atom stereocenters. The Hall–Kier alpha value is -2.34. The molecule has 22 heavy (non-hydrogen) atoms. The van der Waals surface area contributed by atoms with E-state index in [4.69, 9.17) is 11.6 Å². The van der Waals surface area contributed by atoms with Gasteiger partial charge in [0.2, 0.25) is 0 Å². The normalized spacial score (nSPS) is 11.1. The number of benzene rings is 1. The number of aromatic nitrogens is 5. The quantitative estimate of drug-likeness (QED) is 0.742. The van der Waals surface area contributed by atoms with Gasteiger partial charge in [0.15, 0.2) is 5.82 Å². The van der Waals surface area contributed by atoms with Gasteiger partial charge >= 0.3 is 5.69 Å². The second-order valence-electron chi connectivity index (χ2n) is 5.27. The van der Waals surface area contributed by atoms with Gasteiger partial charge in [-0.2, -0.15) is 5.10 Å². The Balaban J connectivity index is 1.98. The fourth-order valence-corrected chi connectivity index (χ4v) is 2.44. The van der Waals surface area contributed by atoms with Crippen molar-refractivity contribution in [2.45, 2.75) is 13.5 Å². The van der Waals surface area contributed by atoms with Gasteiger partial charge in [-0.05, 0) is 6.92 Å². The molecule has 0 aliphatic rings. The molecule has 0 radical (unpaired) electrons. The van der Waals surface area contributed by atoms with Gasteiger partial charge in [-0.25, -0.2) is 9.48 Å². The van der Waals surface area contributed by atoms with Crippen LogP contribution in [0.15, 0.2) is 35.1 Å². The summed E-state index contributed by atoms with van der Waals surface area (Å²) in [4.78, 5) is 12.3. The lowest BCUT2D eigenvalue weighted by Gasteiger charge is -1.99. The summed E-state index contributed by atoms with van der Waals surface area (Å²) in [6.45, 7) is 2.31. The van der Waals surface area contributed by atoms with Crippen LogP contribution in [0, 0.1) is 6.92 Å². The van der Waals surface area contributed by atoms with Crippen LogP contribution in [0.3, 0.4) is 0 Å². The van der Waals surface area contributed by atoms with E-state index < -0.39 is 0 Å². The number of rotatable bonds is 3. The molecule has 0 N–H and O–H groups in total. The maximum Gasteiger partial charge on any atom is 0.346 e. The summed E-state index contributed by atoms with van der Waals surface area (Å²) in [6, 6.07) is 9.64. The van der Waals surface area contributed by atoms with E-state index >= 15 is 0 Å².